The highest BCUT2D eigenvalue weighted by atomic mass is 19.1. The molecule has 0 bridgehead atoms. The second-order valence-electron chi connectivity index (χ2n) is 6.76. The monoisotopic (exact) mass is 370 g/mol. The summed E-state index contributed by atoms with van der Waals surface area (Å²) in [4.78, 5) is 28.4. The topological polar surface area (TPSA) is 49.9 Å². The summed E-state index contributed by atoms with van der Waals surface area (Å²) < 4.78 is 19.4. The smallest absolute Gasteiger partial charge is 0.256 e. The zero-order valence-electron chi connectivity index (χ0n) is 15.5. The van der Waals surface area contributed by atoms with Gasteiger partial charge in [-0.2, -0.15) is 0 Å². The maximum atomic E-state index is 13.8. The normalized spacial score (nSPS) is 14.4. The summed E-state index contributed by atoms with van der Waals surface area (Å²) in [6, 6.07) is 13.0. The lowest BCUT2D eigenvalue weighted by Gasteiger charge is -2.35. The van der Waals surface area contributed by atoms with Crippen molar-refractivity contribution in [3.8, 4) is 5.75 Å². The second-order valence-corrected chi connectivity index (χ2v) is 6.76. The van der Waals surface area contributed by atoms with Crippen molar-refractivity contribution in [2.75, 3.05) is 26.2 Å². The molecule has 1 fully saturated rings. The molecule has 5 nitrogen and oxygen atoms in total. The molecule has 0 spiro atoms. The van der Waals surface area contributed by atoms with Crippen LogP contribution in [0.15, 0.2) is 48.5 Å². The number of benzene rings is 2. The predicted octanol–water partition coefficient (Wildman–Crippen LogP) is 3.21. The Kier molecular flexibility index (Phi) is 5.74. The van der Waals surface area contributed by atoms with Gasteiger partial charge in [-0.25, -0.2) is 4.39 Å². The van der Waals surface area contributed by atoms with E-state index >= 15 is 0 Å². The predicted molar refractivity (Wildman–Crippen MR) is 100 cm³/mol. The number of hydrogen-bond donors (Lipinski definition) is 0. The van der Waals surface area contributed by atoms with Crippen molar-refractivity contribution in [3.05, 3.63) is 65.5 Å². The maximum absolute atomic E-state index is 13.8. The van der Waals surface area contributed by atoms with E-state index in [4.69, 9.17) is 4.74 Å². The summed E-state index contributed by atoms with van der Waals surface area (Å²) in [6.45, 7) is 5.50. The highest BCUT2D eigenvalue weighted by Gasteiger charge is 2.26. The molecule has 0 aliphatic carbocycles. The van der Waals surface area contributed by atoms with Crippen LogP contribution in [0.2, 0.25) is 0 Å². The standard InChI is InChI=1S/C21H23FN2O3/c1-15(2)27-17-9-7-16(8-10-17)20(25)23-11-13-24(14-12-23)21(26)18-5-3-4-6-19(18)22/h3-10,15H,11-14H2,1-2H3. The Bertz CT molecular complexity index is 812. The Balaban J connectivity index is 1.59. The summed E-state index contributed by atoms with van der Waals surface area (Å²) in [5.41, 5.74) is 0.651. The van der Waals surface area contributed by atoms with Crippen molar-refractivity contribution in [1.29, 1.82) is 0 Å². The van der Waals surface area contributed by atoms with E-state index in [0.29, 0.717) is 31.7 Å². The first-order chi connectivity index (χ1) is 13.0. The zero-order valence-corrected chi connectivity index (χ0v) is 15.5. The lowest BCUT2D eigenvalue weighted by atomic mass is 10.1. The minimum absolute atomic E-state index is 0.0676. The Labute approximate surface area is 158 Å². The molecular weight excluding hydrogens is 347 g/mol. The first-order valence-electron chi connectivity index (χ1n) is 9.05. The van der Waals surface area contributed by atoms with Crippen LogP contribution >= 0.6 is 0 Å². The third-order valence-electron chi connectivity index (χ3n) is 4.43. The van der Waals surface area contributed by atoms with Crippen LogP contribution in [0.1, 0.15) is 34.6 Å². The summed E-state index contributed by atoms with van der Waals surface area (Å²) in [7, 11) is 0. The van der Waals surface area contributed by atoms with Gasteiger partial charge >= 0.3 is 0 Å². The van der Waals surface area contributed by atoms with E-state index in [9.17, 15) is 14.0 Å². The molecule has 1 heterocycles. The Morgan fingerprint density at radius 3 is 2.00 bits per heavy atom. The number of rotatable bonds is 4. The quantitative estimate of drug-likeness (QED) is 0.830. The SMILES string of the molecule is CC(C)Oc1ccc(C(=O)N2CCN(C(=O)c3ccccc3F)CC2)cc1. The van der Waals surface area contributed by atoms with E-state index < -0.39 is 5.82 Å². The number of carbonyl (C=O) groups is 2. The van der Waals surface area contributed by atoms with Gasteiger partial charge in [0.25, 0.3) is 11.8 Å². The lowest BCUT2D eigenvalue weighted by Crippen LogP contribution is -2.50. The summed E-state index contributed by atoms with van der Waals surface area (Å²) in [5.74, 6) is -0.217. The average Bonchev–Trinajstić information content (AvgIpc) is 2.67. The Hall–Kier alpha value is -2.89. The van der Waals surface area contributed by atoms with Crippen LogP contribution in [0, 0.1) is 5.82 Å². The van der Waals surface area contributed by atoms with Gasteiger partial charge in [-0.15, -0.1) is 0 Å². The van der Waals surface area contributed by atoms with Crippen molar-refractivity contribution in [2.45, 2.75) is 20.0 Å². The van der Waals surface area contributed by atoms with Crippen molar-refractivity contribution in [2.24, 2.45) is 0 Å². The third-order valence-corrected chi connectivity index (χ3v) is 4.43. The van der Waals surface area contributed by atoms with Gasteiger partial charge in [-0.1, -0.05) is 12.1 Å². The van der Waals surface area contributed by atoms with Crippen molar-refractivity contribution < 1.29 is 18.7 Å². The molecule has 0 unspecified atom stereocenters. The van der Waals surface area contributed by atoms with E-state index in [-0.39, 0.29) is 23.5 Å². The molecule has 6 heteroatoms. The third kappa shape index (κ3) is 4.45. The van der Waals surface area contributed by atoms with E-state index in [0.717, 1.165) is 5.75 Å². The Morgan fingerprint density at radius 2 is 1.44 bits per heavy atom. The van der Waals surface area contributed by atoms with E-state index in [2.05, 4.69) is 0 Å². The molecule has 0 radical (unpaired) electrons. The fourth-order valence-corrected chi connectivity index (χ4v) is 3.05. The largest absolute Gasteiger partial charge is 0.491 e. The molecule has 1 aliphatic heterocycles. The summed E-state index contributed by atoms with van der Waals surface area (Å²) in [6.07, 6.45) is 0.0756. The molecule has 3 rings (SSSR count). The second kappa shape index (κ2) is 8.20. The van der Waals surface area contributed by atoms with Crippen LogP contribution in [0.25, 0.3) is 0 Å². The van der Waals surface area contributed by atoms with Crippen LogP contribution in [0.4, 0.5) is 4.39 Å². The molecule has 1 saturated heterocycles. The highest BCUT2D eigenvalue weighted by molar-refractivity contribution is 5.96. The van der Waals surface area contributed by atoms with Gasteiger partial charge in [0.15, 0.2) is 0 Å². The molecular formula is C21H23FN2O3. The number of amides is 2. The molecule has 142 valence electrons. The first-order valence-corrected chi connectivity index (χ1v) is 9.05. The van der Waals surface area contributed by atoms with E-state index in [1.54, 1.807) is 46.2 Å². The van der Waals surface area contributed by atoms with Gasteiger partial charge in [-0.3, -0.25) is 9.59 Å². The van der Waals surface area contributed by atoms with Gasteiger partial charge in [0, 0.05) is 31.7 Å². The van der Waals surface area contributed by atoms with Crippen molar-refractivity contribution >= 4 is 11.8 Å². The Morgan fingerprint density at radius 1 is 0.889 bits per heavy atom. The van der Waals surface area contributed by atoms with Gasteiger partial charge in [0.05, 0.1) is 11.7 Å². The molecule has 2 aromatic carbocycles. The van der Waals surface area contributed by atoms with Crippen LogP contribution < -0.4 is 4.74 Å². The molecule has 0 aromatic heterocycles. The lowest BCUT2D eigenvalue weighted by molar-refractivity contribution is 0.0532. The number of carbonyl (C=O) groups excluding carboxylic acids is 2. The number of hydrogen-bond acceptors (Lipinski definition) is 3. The van der Waals surface area contributed by atoms with E-state index in [1.807, 2.05) is 13.8 Å². The van der Waals surface area contributed by atoms with Gasteiger partial charge in [-0.05, 0) is 50.2 Å². The van der Waals surface area contributed by atoms with Gasteiger partial charge < -0.3 is 14.5 Å². The van der Waals surface area contributed by atoms with Crippen LogP contribution in [0.5, 0.6) is 5.75 Å². The van der Waals surface area contributed by atoms with Crippen LogP contribution in [-0.4, -0.2) is 53.9 Å². The summed E-state index contributed by atoms with van der Waals surface area (Å²) in [5, 5.41) is 0. The number of piperazine rings is 1. The fraction of sp³-hybridized carbons (Fsp3) is 0.333. The highest BCUT2D eigenvalue weighted by Crippen LogP contribution is 2.17. The van der Waals surface area contributed by atoms with Gasteiger partial charge in [0.1, 0.15) is 11.6 Å². The minimum Gasteiger partial charge on any atom is -0.491 e. The molecule has 0 saturated carbocycles. The van der Waals surface area contributed by atoms with E-state index in [1.165, 1.54) is 12.1 Å². The zero-order chi connectivity index (χ0) is 19.4. The molecule has 0 atom stereocenters. The number of nitrogens with zero attached hydrogens (tertiary/aromatic N) is 2. The fourth-order valence-electron chi connectivity index (χ4n) is 3.05. The number of ether oxygens (including phenoxy) is 1. The molecule has 2 amide bonds. The van der Waals surface area contributed by atoms with Crippen LogP contribution in [-0.2, 0) is 0 Å². The average molecular weight is 370 g/mol. The number of halogens is 1. The first kappa shape index (κ1) is 18.9. The maximum Gasteiger partial charge on any atom is 0.256 e. The molecule has 27 heavy (non-hydrogen) atoms. The van der Waals surface area contributed by atoms with Crippen LogP contribution in [0.3, 0.4) is 0 Å². The minimum atomic E-state index is -0.523. The molecule has 2 aromatic rings. The molecule has 1 aliphatic rings. The summed E-state index contributed by atoms with van der Waals surface area (Å²) >= 11 is 0. The molecule has 0 N–H and O–H groups in total. The van der Waals surface area contributed by atoms with Crippen molar-refractivity contribution in [3.63, 3.8) is 0 Å². The van der Waals surface area contributed by atoms with Crippen molar-refractivity contribution in [1.82, 2.24) is 9.80 Å². The van der Waals surface area contributed by atoms with Gasteiger partial charge in [0.2, 0.25) is 0 Å².